The van der Waals surface area contributed by atoms with Crippen LogP contribution in [0.2, 0.25) is 0 Å². The lowest BCUT2D eigenvalue weighted by atomic mass is 10.2. The third-order valence-corrected chi connectivity index (χ3v) is 1.90. The monoisotopic (exact) mass is 196 g/mol. The van der Waals surface area contributed by atoms with E-state index in [4.69, 9.17) is 4.74 Å². The Balaban J connectivity index is 2.77. The first-order valence-corrected chi connectivity index (χ1v) is 4.88. The Morgan fingerprint density at radius 3 is 2.86 bits per heavy atom. The molecule has 0 saturated carbocycles. The number of carbonyl (C=O) groups is 1. The van der Waals surface area contributed by atoms with Crippen molar-refractivity contribution < 1.29 is 9.53 Å². The van der Waals surface area contributed by atoms with Gasteiger partial charge in [-0.2, -0.15) is 5.10 Å². The van der Waals surface area contributed by atoms with Crippen molar-refractivity contribution >= 4 is 5.97 Å². The van der Waals surface area contributed by atoms with Crippen LogP contribution in [0.4, 0.5) is 0 Å². The smallest absolute Gasteiger partial charge is 0.341 e. The van der Waals surface area contributed by atoms with E-state index in [1.165, 1.54) is 0 Å². The highest BCUT2D eigenvalue weighted by Crippen LogP contribution is 2.08. The number of rotatable bonds is 4. The Labute approximate surface area is 83.9 Å². The van der Waals surface area contributed by atoms with Gasteiger partial charge in [0.15, 0.2) is 0 Å². The van der Waals surface area contributed by atoms with Gasteiger partial charge in [-0.15, -0.1) is 0 Å². The molecule has 1 rings (SSSR count). The maximum Gasteiger partial charge on any atom is 0.341 e. The molecule has 0 N–H and O–H groups in total. The number of aryl methyl sites for hydroxylation is 2. The summed E-state index contributed by atoms with van der Waals surface area (Å²) in [5, 5.41) is 4.17. The fourth-order valence-electron chi connectivity index (χ4n) is 1.24. The molecule has 0 aromatic carbocycles. The van der Waals surface area contributed by atoms with Crippen LogP contribution < -0.4 is 0 Å². The first-order valence-electron chi connectivity index (χ1n) is 4.88. The molecule has 0 bridgehead atoms. The molecule has 0 aliphatic rings. The van der Waals surface area contributed by atoms with E-state index < -0.39 is 0 Å². The minimum absolute atomic E-state index is 0.267. The third kappa shape index (κ3) is 2.34. The summed E-state index contributed by atoms with van der Waals surface area (Å²) < 4.78 is 6.68. The molecule has 0 spiro atoms. The van der Waals surface area contributed by atoms with Crippen LogP contribution in [0, 0.1) is 0 Å². The Morgan fingerprint density at radius 1 is 1.57 bits per heavy atom. The van der Waals surface area contributed by atoms with Gasteiger partial charge in [0.25, 0.3) is 0 Å². The molecular weight excluding hydrogens is 180 g/mol. The van der Waals surface area contributed by atoms with Gasteiger partial charge in [-0.1, -0.05) is 13.8 Å². The van der Waals surface area contributed by atoms with E-state index in [0.717, 1.165) is 18.5 Å². The van der Waals surface area contributed by atoms with Crippen molar-refractivity contribution in [2.24, 2.45) is 7.05 Å². The van der Waals surface area contributed by atoms with Gasteiger partial charge in [0.2, 0.25) is 0 Å². The maximum absolute atomic E-state index is 11.5. The van der Waals surface area contributed by atoms with Crippen LogP contribution in [0.3, 0.4) is 0 Å². The highest BCUT2D eigenvalue weighted by atomic mass is 16.5. The zero-order valence-electron chi connectivity index (χ0n) is 8.91. The van der Waals surface area contributed by atoms with E-state index >= 15 is 0 Å². The largest absolute Gasteiger partial charge is 0.462 e. The van der Waals surface area contributed by atoms with Crippen LogP contribution in [0.5, 0.6) is 0 Å². The molecular formula is C10H16N2O2. The van der Waals surface area contributed by atoms with E-state index in [1.54, 1.807) is 17.9 Å². The second-order valence-corrected chi connectivity index (χ2v) is 3.15. The van der Waals surface area contributed by atoms with Gasteiger partial charge in [0, 0.05) is 13.2 Å². The van der Waals surface area contributed by atoms with Crippen molar-refractivity contribution in [3.63, 3.8) is 0 Å². The topological polar surface area (TPSA) is 44.1 Å². The highest BCUT2D eigenvalue weighted by Gasteiger charge is 2.14. The number of hydrogen-bond donors (Lipinski definition) is 0. The number of nitrogens with zero attached hydrogens (tertiary/aromatic N) is 2. The quantitative estimate of drug-likeness (QED) is 0.686. The second kappa shape index (κ2) is 4.79. The van der Waals surface area contributed by atoms with Gasteiger partial charge >= 0.3 is 5.97 Å². The molecule has 0 aliphatic heterocycles. The number of ether oxygens (including phenoxy) is 1. The first-order chi connectivity index (χ1) is 6.69. The first kappa shape index (κ1) is 10.8. The van der Waals surface area contributed by atoms with Crippen LogP contribution in [-0.2, 0) is 18.2 Å². The van der Waals surface area contributed by atoms with Gasteiger partial charge in [0.05, 0.1) is 12.3 Å². The van der Waals surface area contributed by atoms with Gasteiger partial charge in [-0.3, -0.25) is 4.68 Å². The predicted octanol–water partition coefficient (Wildman–Crippen LogP) is 1.55. The molecule has 0 radical (unpaired) electrons. The van der Waals surface area contributed by atoms with Crippen LogP contribution in [-0.4, -0.2) is 22.4 Å². The number of aromatic nitrogens is 2. The molecule has 4 nitrogen and oxygen atoms in total. The lowest BCUT2D eigenvalue weighted by molar-refractivity contribution is 0.0504. The zero-order valence-corrected chi connectivity index (χ0v) is 8.91. The second-order valence-electron chi connectivity index (χ2n) is 3.15. The lowest BCUT2D eigenvalue weighted by Gasteiger charge is -2.01. The van der Waals surface area contributed by atoms with Crippen LogP contribution in [0.25, 0.3) is 0 Å². The van der Waals surface area contributed by atoms with Gasteiger partial charge < -0.3 is 4.74 Å². The van der Waals surface area contributed by atoms with Crippen LogP contribution >= 0.6 is 0 Å². The molecule has 1 aromatic rings. The predicted molar refractivity (Wildman–Crippen MR) is 53.2 cm³/mol. The van der Waals surface area contributed by atoms with E-state index in [9.17, 15) is 4.79 Å². The molecule has 0 aliphatic carbocycles. The number of carbonyl (C=O) groups excluding carboxylic acids is 1. The van der Waals surface area contributed by atoms with Crippen molar-refractivity contribution in [1.82, 2.24) is 9.78 Å². The highest BCUT2D eigenvalue weighted by molar-refractivity contribution is 5.90. The standard InChI is InChI=1S/C10H16N2O2/c1-4-6-14-10(13)8-7-12(3)11-9(8)5-2/h7H,4-6H2,1-3H3. The molecule has 0 unspecified atom stereocenters. The van der Waals surface area contributed by atoms with Crippen LogP contribution in [0.15, 0.2) is 6.20 Å². The summed E-state index contributed by atoms with van der Waals surface area (Å²) in [6, 6.07) is 0. The normalized spacial score (nSPS) is 10.2. The lowest BCUT2D eigenvalue weighted by Crippen LogP contribution is -2.07. The van der Waals surface area contributed by atoms with Gasteiger partial charge in [-0.25, -0.2) is 4.79 Å². The minimum Gasteiger partial charge on any atom is -0.462 e. The van der Waals surface area contributed by atoms with E-state index in [0.29, 0.717) is 12.2 Å². The van der Waals surface area contributed by atoms with Crippen molar-refractivity contribution in [2.45, 2.75) is 26.7 Å². The van der Waals surface area contributed by atoms with Gasteiger partial charge in [0.1, 0.15) is 5.56 Å². The number of esters is 1. The van der Waals surface area contributed by atoms with E-state index in [1.807, 2.05) is 13.8 Å². The Morgan fingerprint density at radius 2 is 2.29 bits per heavy atom. The maximum atomic E-state index is 11.5. The summed E-state index contributed by atoms with van der Waals surface area (Å²) in [7, 11) is 1.80. The van der Waals surface area contributed by atoms with Crippen molar-refractivity contribution in [1.29, 1.82) is 0 Å². The molecule has 4 heteroatoms. The zero-order chi connectivity index (χ0) is 10.6. The molecule has 14 heavy (non-hydrogen) atoms. The fraction of sp³-hybridized carbons (Fsp3) is 0.600. The number of hydrogen-bond acceptors (Lipinski definition) is 3. The average molecular weight is 196 g/mol. The summed E-state index contributed by atoms with van der Waals surface area (Å²) in [6.45, 7) is 4.41. The molecule has 0 fully saturated rings. The molecule has 0 amide bonds. The van der Waals surface area contributed by atoms with Crippen LogP contribution in [0.1, 0.15) is 36.3 Å². The Bertz CT molecular complexity index is 318. The van der Waals surface area contributed by atoms with Gasteiger partial charge in [-0.05, 0) is 12.8 Å². The summed E-state index contributed by atoms with van der Waals surface area (Å²) in [5.41, 5.74) is 1.39. The SMILES string of the molecule is CCCOC(=O)c1cn(C)nc1CC. The van der Waals surface area contributed by atoms with E-state index in [-0.39, 0.29) is 5.97 Å². The summed E-state index contributed by atoms with van der Waals surface area (Å²) in [5.74, 6) is -0.267. The van der Waals surface area contributed by atoms with Crippen molar-refractivity contribution in [2.75, 3.05) is 6.61 Å². The van der Waals surface area contributed by atoms with Crippen molar-refractivity contribution in [3.05, 3.63) is 17.5 Å². The van der Waals surface area contributed by atoms with Crippen molar-refractivity contribution in [3.8, 4) is 0 Å². The van der Waals surface area contributed by atoms with E-state index in [2.05, 4.69) is 5.10 Å². The Hall–Kier alpha value is -1.32. The fourth-order valence-corrected chi connectivity index (χ4v) is 1.24. The molecule has 0 atom stereocenters. The molecule has 1 aromatic heterocycles. The summed E-state index contributed by atoms with van der Waals surface area (Å²) in [6.07, 6.45) is 3.29. The average Bonchev–Trinajstić information content (AvgIpc) is 2.56. The Kier molecular flexibility index (Phi) is 3.68. The summed E-state index contributed by atoms with van der Waals surface area (Å²) >= 11 is 0. The molecule has 0 saturated heterocycles. The molecule has 78 valence electrons. The molecule has 1 heterocycles. The minimum atomic E-state index is -0.267. The third-order valence-electron chi connectivity index (χ3n) is 1.90. The summed E-state index contributed by atoms with van der Waals surface area (Å²) in [4.78, 5) is 11.5.